The van der Waals surface area contributed by atoms with Crippen molar-refractivity contribution < 1.29 is 9.53 Å². The fourth-order valence-corrected chi connectivity index (χ4v) is 2.61. The number of aromatic nitrogens is 1. The maximum atomic E-state index is 13.2. The molecule has 5 nitrogen and oxygen atoms in total. The number of hydrogen-bond donors (Lipinski definition) is 0. The van der Waals surface area contributed by atoms with Crippen molar-refractivity contribution in [3.63, 3.8) is 0 Å². The Hall–Kier alpha value is -3.65. The first-order chi connectivity index (χ1) is 12.7. The summed E-state index contributed by atoms with van der Waals surface area (Å²) in [5.41, 5.74) is 2.51. The molecule has 0 aliphatic heterocycles. The molecule has 0 unspecified atom stereocenters. The molecule has 0 N–H and O–H groups in total. The van der Waals surface area contributed by atoms with E-state index in [-0.39, 0.29) is 5.91 Å². The van der Waals surface area contributed by atoms with E-state index in [4.69, 9.17) is 10.00 Å². The molecule has 0 saturated carbocycles. The van der Waals surface area contributed by atoms with Crippen molar-refractivity contribution in [3.8, 4) is 11.8 Å². The van der Waals surface area contributed by atoms with E-state index >= 15 is 0 Å². The monoisotopic (exact) mass is 343 g/mol. The van der Waals surface area contributed by atoms with Gasteiger partial charge in [0, 0.05) is 29.7 Å². The molecule has 1 heterocycles. The molecule has 0 radical (unpaired) electrons. The SMILES string of the molecule is COc1cccc(N(Cc2cccnc2)C(=O)c2cccc(C#N)c2)c1. The van der Waals surface area contributed by atoms with Gasteiger partial charge in [0.1, 0.15) is 5.75 Å². The summed E-state index contributed by atoms with van der Waals surface area (Å²) in [5, 5.41) is 9.10. The first-order valence-corrected chi connectivity index (χ1v) is 8.06. The minimum Gasteiger partial charge on any atom is -0.497 e. The second-order valence-electron chi connectivity index (χ2n) is 5.65. The summed E-state index contributed by atoms with van der Waals surface area (Å²) < 4.78 is 5.28. The molecular weight excluding hydrogens is 326 g/mol. The van der Waals surface area contributed by atoms with Gasteiger partial charge in [-0.25, -0.2) is 0 Å². The zero-order valence-corrected chi connectivity index (χ0v) is 14.3. The third kappa shape index (κ3) is 3.87. The topological polar surface area (TPSA) is 66.2 Å². The van der Waals surface area contributed by atoms with Crippen molar-refractivity contribution in [2.45, 2.75) is 6.54 Å². The van der Waals surface area contributed by atoms with Crippen LogP contribution in [0.1, 0.15) is 21.5 Å². The highest BCUT2D eigenvalue weighted by Gasteiger charge is 2.19. The maximum absolute atomic E-state index is 13.2. The third-order valence-corrected chi connectivity index (χ3v) is 3.91. The zero-order valence-electron chi connectivity index (χ0n) is 14.3. The van der Waals surface area contributed by atoms with Gasteiger partial charge in [0.05, 0.1) is 25.3 Å². The Morgan fingerprint density at radius 3 is 2.73 bits per heavy atom. The first kappa shape index (κ1) is 17.2. The zero-order chi connectivity index (χ0) is 18.4. The fraction of sp³-hybridized carbons (Fsp3) is 0.0952. The van der Waals surface area contributed by atoms with E-state index in [2.05, 4.69) is 11.1 Å². The normalized spacial score (nSPS) is 10.0. The average Bonchev–Trinajstić information content (AvgIpc) is 2.72. The van der Waals surface area contributed by atoms with E-state index in [1.54, 1.807) is 48.7 Å². The van der Waals surface area contributed by atoms with Crippen LogP contribution in [-0.4, -0.2) is 18.0 Å². The summed E-state index contributed by atoms with van der Waals surface area (Å²) in [4.78, 5) is 18.9. The number of amides is 1. The number of carbonyl (C=O) groups excluding carboxylic acids is 1. The number of pyridine rings is 1. The molecule has 0 aliphatic carbocycles. The van der Waals surface area contributed by atoms with Gasteiger partial charge < -0.3 is 9.64 Å². The van der Waals surface area contributed by atoms with Crippen molar-refractivity contribution in [2.24, 2.45) is 0 Å². The van der Waals surface area contributed by atoms with E-state index in [9.17, 15) is 4.79 Å². The minimum atomic E-state index is -0.195. The Balaban J connectivity index is 2.01. The molecule has 0 atom stereocenters. The fourth-order valence-electron chi connectivity index (χ4n) is 2.61. The molecule has 0 fully saturated rings. The number of methoxy groups -OCH3 is 1. The Bertz CT molecular complexity index is 949. The van der Waals surface area contributed by atoms with Crippen molar-refractivity contribution in [1.29, 1.82) is 5.26 Å². The highest BCUT2D eigenvalue weighted by Crippen LogP contribution is 2.24. The predicted octanol–water partition coefficient (Wildman–Crippen LogP) is 3.81. The lowest BCUT2D eigenvalue weighted by Crippen LogP contribution is -2.30. The predicted molar refractivity (Wildman–Crippen MR) is 98.9 cm³/mol. The van der Waals surface area contributed by atoms with Crippen LogP contribution in [0.25, 0.3) is 0 Å². The molecule has 0 spiro atoms. The van der Waals surface area contributed by atoms with Crippen LogP contribution in [0.4, 0.5) is 5.69 Å². The van der Waals surface area contributed by atoms with Crippen LogP contribution in [0.5, 0.6) is 5.75 Å². The van der Waals surface area contributed by atoms with Crippen LogP contribution in [-0.2, 0) is 6.54 Å². The second kappa shape index (κ2) is 7.95. The summed E-state index contributed by atoms with van der Waals surface area (Å²) in [6.45, 7) is 0.358. The molecule has 0 bridgehead atoms. The van der Waals surface area contributed by atoms with E-state index < -0.39 is 0 Å². The summed E-state index contributed by atoms with van der Waals surface area (Å²) in [6, 6.07) is 19.8. The van der Waals surface area contributed by atoms with Gasteiger partial charge in [-0.05, 0) is 42.0 Å². The summed E-state index contributed by atoms with van der Waals surface area (Å²) in [7, 11) is 1.59. The summed E-state index contributed by atoms with van der Waals surface area (Å²) in [6.07, 6.45) is 3.42. The van der Waals surface area contributed by atoms with Gasteiger partial charge in [-0.15, -0.1) is 0 Å². The first-order valence-electron chi connectivity index (χ1n) is 8.06. The Morgan fingerprint density at radius 2 is 2.00 bits per heavy atom. The van der Waals surface area contributed by atoms with Gasteiger partial charge in [-0.3, -0.25) is 9.78 Å². The van der Waals surface area contributed by atoms with E-state index in [1.165, 1.54) is 0 Å². The molecule has 2 aromatic carbocycles. The van der Waals surface area contributed by atoms with Crippen molar-refractivity contribution >= 4 is 11.6 Å². The molecule has 3 rings (SSSR count). The number of anilines is 1. The Kier molecular flexibility index (Phi) is 5.25. The van der Waals surface area contributed by atoms with Crippen LogP contribution in [0.2, 0.25) is 0 Å². The summed E-state index contributed by atoms with van der Waals surface area (Å²) >= 11 is 0. The Morgan fingerprint density at radius 1 is 1.15 bits per heavy atom. The lowest BCUT2D eigenvalue weighted by atomic mass is 10.1. The molecular formula is C21H17N3O2. The number of benzene rings is 2. The number of carbonyl (C=O) groups is 1. The third-order valence-electron chi connectivity index (χ3n) is 3.91. The van der Waals surface area contributed by atoms with Gasteiger partial charge in [-0.1, -0.05) is 18.2 Å². The minimum absolute atomic E-state index is 0.195. The van der Waals surface area contributed by atoms with E-state index in [1.807, 2.05) is 36.4 Å². The Labute approximate surface area is 152 Å². The molecule has 0 aliphatic rings. The van der Waals surface area contributed by atoms with Gasteiger partial charge in [-0.2, -0.15) is 5.26 Å². The smallest absolute Gasteiger partial charge is 0.258 e. The quantitative estimate of drug-likeness (QED) is 0.706. The lowest BCUT2D eigenvalue weighted by molar-refractivity contribution is 0.0985. The number of nitriles is 1. The van der Waals surface area contributed by atoms with Crippen LogP contribution in [0, 0.1) is 11.3 Å². The molecule has 3 aromatic rings. The van der Waals surface area contributed by atoms with Gasteiger partial charge in [0.2, 0.25) is 0 Å². The van der Waals surface area contributed by atoms with Gasteiger partial charge in [0.15, 0.2) is 0 Å². The second-order valence-corrected chi connectivity index (χ2v) is 5.65. The van der Waals surface area contributed by atoms with Crippen molar-refractivity contribution in [2.75, 3.05) is 12.0 Å². The maximum Gasteiger partial charge on any atom is 0.258 e. The molecule has 0 saturated heterocycles. The summed E-state index contributed by atoms with van der Waals surface area (Å²) in [5.74, 6) is 0.469. The van der Waals surface area contributed by atoms with Crippen LogP contribution >= 0.6 is 0 Å². The van der Waals surface area contributed by atoms with E-state index in [0.29, 0.717) is 29.1 Å². The largest absolute Gasteiger partial charge is 0.497 e. The number of nitrogens with zero attached hydrogens (tertiary/aromatic N) is 3. The highest BCUT2D eigenvalue weighted by molar-refractivity contribution is 6.06. The molecule has 1 amide bonds. The molecule has 1 aromatic heterocycles. The number of hydrogen-bond acceptors (Lipinski definition) is 4. The molecule has 26 heavy (non-hydrogen) atoms. The van der Waals surface area contributed by atoms with Crippen LogP contribution in [0.3, 0.4) is 0 Å². The lowest BCUT2D eigenvalue weighted by Gasteiger charge is -2.23. The van der Waals surface area contributed by atoms with Crippen LogP contribution in [0.15, 0.2) is 73.1 Å². The standard InChI is InChI=1S/C21H17N3O2/c1-26-20-9-3-8-19(12-20)24(15-17-6-4-10-23-14-17)21(25)18-7-2-5-16(11-18)13-22/h2-12,14H,15H2,1H3. The van der Waals surface area contributed by atoms with Gasteiger partial charge in [0.25, 0.3) is 5.91 Å². The van der Waals surface area contributed by atoms with Crippen molar-refractivity contribution in [1.82, 2.24) is 4.98 Å². The van der Waals surface area contributed by atoms with Crippen LogP contribution < -0.4 is 9.64 Å². The van der Waals surface area contributed by atoms with Crippen molar-refractivity contribution in [3.05, 3.63) is 89.7 Å². The molecule has 128 valence electrons. The number of rotatable bonds is 5. The average molecular weight is 343 g/mol. The van der Waals surface area contributed by atoms with E-state index in [0.717, 1.165) is 5.56 Å². The number of ether oxygens (including phenoxy) is 1. The van der Waals surface area contributed by atoms with Gasteiger partial charge >= 0.3 is 0 Å². The highest BCUT2D eigenvalue weighted by atomic mass is 16.5. The molecule has 5 heteroatoms.